The highest BCUT2D eigenvalue weighted by atomic mass is 32.2. The Labute approximate surface area is 83.4 Å². The molecule has 0 heterocycles. The fourth-order valence-electron chi connectivity index (χ4n) is 1.01. The van der Waals surface area contributed by atoms with Gasteiger partial charge in [-0.2, -0.15) is 0 Å². The molecule has 0 atom stereocenters. The second kappa shape index (κ2) is 5.89. The highest BCUT2D eigenvalue weighted by Crippen LogP contribution is 2.27. The molecule has 1 aromatic carbocycles. The first-order valence-corrected chi connectivity index (χ1v) is 5.38. The van der Waals surface area contributed by atoms with Crippen LogP contribution in [0.15, 0.2) is 29.2 Å². The Hall–Kier alpha value is -0.670. The van der Waals surface area contributed by atoms with Gasteiger partial charge in [0.25, 0.3) is 0 Å². The fraction of sp³-hybridized carbons (Fsp3) is 0.400. The molecule has 3 heteroatoms. The van der Waals surface area contributed by atoms with Crippen LogP contribution in [-0.2, 0) is 0 Å². The van der Waals surface area contributed by atoms with E-state index in [9.17, 15) is 5.11 Å². The second-order valence-corrected chi connectivity index (χ2v) is 3.91. The number of phenols is 1. The standard InChI is InChI=1S/C10H15NOS/c1-11-7-4-8-13-10-6-3-2-5-9(10)12/h2-3,5-6,11-12H,4,7-8H2,1H3. The molecule has 0 fully saturated rings. The van der Waals surface area contributed by atoms with Gasteiger partial charge in [0.2, 0.25) is 0 Å². The highest BCUT2D eigenvalue weighted by molar-refractivity contribution is 7.99. The number of nitrogens with one attached hydrogen (secondary N) is 1. The molecular weight excluding hydrogens is 182 g/mol. The van der Waals surface area contributed by atoms with E-state index in [2.05, 4.69) is 5.32 Å². The normalized spacial score (nSPS) is 10.2. The number of hydrogen-bond donors (Lipinski definition) is 2. The van der Waals surface area contributed by atoms with E-state index in [1.165, 1.54) is 0 Å². The quantitative estimate of drug-likeness (QED) is 0.560. The van der Waals surface area contributed by atoms with Crippen LogP contribution in [0.4, 0.5) is 0 Å². The molecule has 2 nitrogen and oxygen atoms in total. The maximum absolute atomic E-state index is 9.43. The summed E-state index contributed by atoms with van der Waals surface area (Å²) in [5, 5.41) is 12.5. The smallest absolute Gasteiger partial charge is 0.129 e. The first kappa shape index (κ1) is 10.4. The zero-order valence-corrected chi connectivity index (χ0v) is 8.60. The number of para-hydroxylation sites is 1. The summed E-state index contributed by atoms with van der Waals surface area (Å²) in [6.45, 7) is 1.03. The molecule has 0 amide bonds. The maximum Gasteiger partial charge on any atom is 0.129 e. The van der Waals surface area contributed by atoms with E-state index in [1.807, 2.05) is 25.2 Å². The van der Waals surface area contributed by atoms with Crippen molar-refractivity contribution in [3.05, 3.63) is 24.3 Å². The average Bonchev–Trinajstić information content (AvgIpc) is 2.15. The van der Waals surface area contributed by atoms with Crippen LogP contribution in [0.2, 0.25) is 0 Å². The van der Waals surface area contributed by atoms with Crippen molar-refractivity contribution in [2.45, 2.75) is 11.3 Å². The Kier molecular flexibility index (Phi) is 4.72. The minimum absolute atomic E-state index is 0.386. The molecule has 0 bridgehead atoms. The Morgan fingerprint density at radius 2 is 2.15 bits per heavy atom. The summed E-state index contributed by atoms with van der Waals surface area (Å²) in [5.74, 6) is 1.43. The van der Waals surface area contributed by atoms with Crippen LogP contribution in [-0.4, -0.2) is 24.5 Å². The molecule has 0 spiro atoms. The molecule has 0 saturated heterocycles. The van der Waals surface area contributed by atoms with Crippen molar-refractivity contribution < 1.29 is 5.11 Å². The molecule has 0 aliphatic heterocycles. The monoisotopic (exact) mass is 197 g/mol. The van der Waals surface area contributed by atoms with Crippen LogP contribution >= 0.6 is 11.8 Å². The summed E-state index contributed by atoms with van der Waals surface area (Å²) in [7, 11) is 1.95. The number of rotatable bonds is 5. The number of phenolic OH excluding ortho intramolecular Hbond substituents is 1. The lowest BCUT2D eigenvalue weighted by molar-refractivity contribution is 0.462. The van der Waals surface area contributed by atoms with E-state index in [-0.39, 0.29) is 0 Å². The lowest BCUT2D eigenvalue weighted by atomic mass is 10.3. The van der Waals surface area contributed by atoms with E-state index < -0.39 is 0 Å². The van der Waals surface area contributed by atoms with Gasteiger partial charge in [-0.05, 0) is 37.9 Å². The first-order chi connectivity index (χ1) is 6.34. The lowest BCUT2D eigenvalue weighted by Gasteiger charge is -2.03. The molecule has 0 aliphatic rings. The van der Waals surface area contributed by atoms with Crippen LogP contribution in [0.25, 0.3) is 0 Å². The predicted octanol–water partition coefficient (Wildman–Crippen LogP) is 2.09. The first-order valence-electron chi connectivity index (χ1n) is 4.40. The topological polar surface area (TPSA) is 32.3 Å². The largest absolute Gasteiger partial charge is 0.507 e. The number of hydrogen-bond acceptors (Lipinski definition) is 3. The van der Waals surface area contributed by atoms with Gasteiger partial charge in [-0.25, -0.2) is 0 Å². The van der Waals surface area contributed by atoms with Gasteiger partial charge in [-0.15, -0.1) is 11.8 Å². The molecule has 0 saturated carbocycles. The number of benzene rings is 1. The second-order valence-electron chi connectivity index (χ2n) is 2.77. The van der Waals surface area contributed by atoms with Gasteiger partial charge in [-0.1, -0.05) is 12.1 Å². The summed E-state index contributed by atoms with van der Waals surface area (Å²) >= 11 is 1.70. The van der Waals surface area contributed by atoms with Gasteiger partial charge in [0.1, 0.15) is 5.75 Å². The Bertz CT molecular complexity index is 252. The predicted molar refractivity (Wildman–Crippen MR) is 57.4 cm³/mol. The Balaban J connectivity index is 2.32. The van der Waals surface area contributed by atoms with Crippen molar-refractivity contribution >= 4 is 11.8 Å². The van der Waals surface area contributed by atoms with E-state index in [1.54, 1.807) is 17.8 Å². The summed E-state index contributed by atoms with van der Waals surface area (Å²) in [4.78, 5) is 0.971. The molecule has 0 radical (unpaired) electrons. The van der Waals surface area contributed by atoms with Gasteiger partial charge < -0.3 is 10.4 Å². The van der Waals surface area contributed by atoms with E-state index in [4.69, 9.17) is 0 Å². The summed E-state index contributed by atoms with van der Waals surface area (Å²) in [5.41, 5.74) is 0. The van der Waals surface area contributed by atoms with Crippen molar-refractivity contribution in [1.29, 1.82) is 0 Å². The number of thioether (sulfide) groups is 1. The van der Waals surface area contributed by atoms with E-state index in [0.717, 1.165) is 23.6 Å². The zero-order chi connectivity index (χ0) is 9.52. The lowest BCUT2D eigenvalue weighted by Crippen LogP contribution is -2.07. The molecule has 1 rings (SSSR count). The van der Waals surface area contributed by atoms with Crippen LogP contribution in [0, 0.1) is 0 Å². The van der Waals surface area contributed by atoms with Gasteiger partial charge in [0.15, 0.2) is 0 Å². The molecule has 0 unspecified atom stereocenters. The van der Waals surface area contributed by atoms with Crippen LogP contribution in [0.5, 0.6) is 5.75 Å². The number of aromatic hydroxyl groups is 1. The molecule has 0 aromatic heterocycles. The van der Waals surface area contributed by atoms with Gasteiger partial charge in [0.05, 0.1) is 0 Å². The minimum atomic E-state index is 0.386. The Morgan fingerprint density at radius 1 is 1.38 bits per heavy atom. The van der Waals surface area contributed by atoms with Gasteiger partial charge >= 0.3 is 0 Å². The zero-order valence-electron chi connectivity index (χ0n) is 7.79. The third-order valence-electron chi connectivity index (χ3n) is 1.69. The van der Waals surface area contributed by atoms with Crippen molar-refractivity contribution in [2.24, 2.45) is 0 Å². The average molecular weight is 197 g/mol. The highest BCUT2D eigenvalue weighted by Gasteiger charge is 1.98. The van der Waals surface area contributed by atoms with Crippen LogP contribution in [0.3, 0.4) is 0 Å². The molecule has 1 aromatic rings. The van der Waals surface area contributed by atoms with Gasteiger partial charge in [0, 0.05) is 4.90 Å². The van der Waals surface area contributed by atoms with Crippen LogP contribution in [0.1, 0.15) is 6.42 Å². The van der Waals surface area contributed by atoms with Crippen molar-refractivity contribution in [3.63, 3.8) is 0 Å². The Morgan fingerprint density at radius 3 is 2.85 bits per heavy atom. The molecule has 13 heavy (non-hydrogen) atoms. The maximum atomic E-state index is 9.43. The van der Waals surface area contributed by atoms with Gasteiger partial charge in [-0.3, -0.25) is 0 Å². The SMILES string of the molecule is CNCCCSc1ccccc1O. The molecule has 72 valence electrons. The fourth-order valence-corrected chi connectivity index (χ4v) is 1.91. The van der Waals surface area contributed by atoms with Crippen molar-refractivity contribution in [2.75, 3.05) is 19.3 Å². The minimum Gasteiger partial charge on any atom is -0.507 e. The summed E-state index contributed by atoms with van der Waals surface area (Å²) < 4.78 is 0. The third kappa shape index (κ3) is 3.70. The molecule has 2 N–H and O–H groups in total. The third-order valence-corrected chi connectivity index (χ3v) is 2.84. The summed E-state index contributed by atoms with van der Waals surface area (Å²) in [6, 6.07) is 7.45. The summed E-state index contributed by atoms with van der Waals surface area (Å²) in [6.07, 6.45) is 1.12. The molecular formula is C10H15NOS. The molecule has 0 aliphatic carbocycles. The van der Waals surface area contributed by atoms with Crippen LogP contribution < -0.4 is 5.32 Å². The van der Waals surface area contributed by atoms with Crippen molar-refractivity contribution in [3.8, 4) is 5.75 Å². The van der Waals surface area contributed by atoms with E-state index >= 15 is 0 Å². The van der Waals surface area contributed by atoms with Crippen molar-refractivity contribution in [1.82, 2.24) is 5.32 Å². The van der Waals surface area contributed by atoms with E-state index in [0.29, 0.717) is 5.75 Å².